The SMILES string of the molecule is O=C(Cl)c1cccc(OC(F)(F)F)c1C(F)(F)F. The van der Waals surface area contributed by atoms with E-state index in [0.29, 0.717) is 12.1 Å². The molecule has 2 nitrogen and oxygen atoms in total. The van der Waals surface area contributed by atoms with Gasteiger partial charge in [-0.2, -0.15) is 13.2 Å². The summed E-state index contributed by atoms with van der Waals surface area (Å²) in [6, 6.07) is 1.90. The lowest BCUT2D eigenvalue weighted by molar-refractivity contribution is -0.276. The lowest BCUT2D eigenvalue weighted by Crippen LogP contribution is -2.21. The first-order chi connectivity index (χ1) is 8.02. The molecule has 0 aliphatic rings. The normalized spacial score (nSPS) is 12.4. The molecule has 0 aliphatic heterocycles. The minimum absolute atomic E-state index is 0.444. The number of carbonyl (C=O) groups is 1. The number of carbonyl (C=O) groups excluding carboxylic acids is 1. The van der Waals surface area contributed by atoms with Gasteiger partial charge in [0.25, 0.3) is 5.24 Å². The van der Waals surface area contributed by atoms with Crippen molar-refractivity contribution < 1.29 is 35.9 Å². The molecular formula is C9H3ClF6O2. The minimum atomic E-state index is -5.31. The first kappa shape index (κ1) is 14.6. The van der Waals surface area contributed by atoms with Crippen LogP contribution in [0.1, 0.15) is 15.9 Å². The van der Waals surface area contributed by atoms with Crippen molar-refractivity contribution in [2.45, 2.75) is 12.5 Å². The van der Waals surface area contributed by atoms with Gasteiger partial charge >= 0.3 is 12.5 Å². The fourth-order valence-electron chi connectivity index (χ4n) is 1.20. The Labute approximate surface area is 101 Å². The molecule has 0 fully saturated rings. The smallest absolute Gasteiger partial charge is 0.405 e. The molecule has 0 aliphatic carbocycles. The van der Waals surface area contributed by atoms with Gasteiger partial charge in [0.15, 0.2) is 0 Å². The quantitative estimate of drug-likeness (QED) is 0.609. The van der Waals surface area contributed by atoms with E-state index in [1.165, 1.54) is 0 Å². The summed E-state index contributed by atoms with van der Waals surface area (Å²) in [5.41, 5.74) is -2.96. The van der Waals surface area contributed by atoms with E-state index in [1.54, 1.807) is 0 Å². The summed E-state index contributed by atoms with van der Waals surface area (Å²) in [5, 5.41) is -1.53. The summed E-state index contributed by atoms with van der Waals surface area (Å²) in [4.78, 5) is 10.8. The first-order valence-electron chi connectivity index (χ1n) is 4.18. The van der Waals surface area contributed by atoms with Crippen LogP contribution in [-0.4, -0.2) is 11.6 Å². The van der Waals surface area contributed by atoms with Crippen molar-refractivity contribution in [1.82, 2.24) is 0 Å². The van der Waals surface area contributed by atoms with Gasteiger partial charge in [-0.15, -0.1) is 13.2 Å². The standard InChI is InChI=1S/C9H3ClF6O2/c10-7(17)4-2-1-3-5(18-9(14,15)16)6(4)8(11,12)13/h1-3H. The Morgan fingerprint density at radius 2 is 1.67 bits per heavy atom. The maximum absolute atomic E-state index is 12.6. The molecule has 18 heavy (non-hydrogen) atoms. The van der Waals surface area contributed by atoms with Crippen LogP contribution in [0.4, 0.5) is 26.3 Å². The van der Waals surface area contributed by atoms with Crippen LogP contribution in [0, 0.1) is 0 Å². The van der Waals surface area contributed by atoms with Gasteiger partial charge in [0, 0.05) is 0 Å². The zero-order valence-electron chi connectivity index (χ0n) is 8.19. The molecule has 1 aromatic rings. The number of hydrogen-bond donors (Lipinski definition) is 0. The molecule has 0 N–H and O–H groups in total. The van der Waals surface area contributed by atoms with Crippen LogP contribution in [0.3, 0.4) is 0 Å². The van der Waals surface area contributed by atoms with Gasteiger partial charge < -0.3 is 4.74 Å². The van der Waals surface area contributed by atoms with Crippen molar-refractivity contribution in [3.63, 3.8) is 0 Å². The second kappa shape index (κ2) is 4.68. The van der Waals surface area contributed by atoms with E-state index < -0.39 is 34.7 Å². The molecular weight excluding hydrogens is 290 g/mol. The number of benzene rings is 1. The van der Waals surface area contributed by atoms with Gasteiger partial charge in [-0.3, -0.25) is 4.79 Å². The van der Waals surface area contributed by atoms with Gasteiger partial charge in [-0.25, -0.2) is 0 Å². The van der Waals surface area contributed by atoms with Crippen molar-refractivity contribution in [2.24, 2.45) is 0 Å². The second-order valence-electron chi connectivity index (χ2n) is 3.00. The fraction of sp³-hybridized carbons (Fsp3) is 0.222. The van der Waals surface area contributed by atoms with E-state index in [0.717, 1.165) is 6.07 Å². The third-order valence-corrected chi connectivity index (χ3v) is 1.95. The van der Waals surface area contributed by atoms with Crippen LogP contribution >= 0.6 is 11.6 Å². The molecule has 0 radical (unpaired) electrons. The number of rotatable bonds is 2. The van der Waals surface area contributed by atoms with Crippen LogP contribution in [0.25, 0.3) is 0 Å². The Morgan fingerprint density at radius 1 is 1.11 bits per heavy atom. The third-order valence-electron chi connectivity index (χ3n) is 1.75. The van der Waals surface area contributed by atoms with E-state index >= 15 is 0 Å². The van der Waals surface area contributed by atoms with E-state index in [2.05, 4.69) is 4.74 Å². The lowest BCUT2D eigenvalue weighted by atomic mass is 10.1. The van der Waals surface area contributed by atoms with Crippen LogP contribution < -0.4 is 4.74 Å². The van der Waals surface area contributed by atoms with Crippen LogP contribution in [0.2, 0.25) is 0 Å². The topological polar surface area (TPSA) is 26.3 Å². The predicted molar refractivity (Wildman–Crippen MR) is 48.3 cm³/mol. The van der Waals surface area contributed by atoms with E-state index in [1.807, 2.05) is 0 Å². The average molecular weight is 293 g/mol. The van der Waals surface area contributed by atoms with Gasteiger partial charge in [0.1, 0.15) is 11.3 Å². The average Bonchev–Trinajstić information content (AvgIpc) is 2.12. The summed E-state index contributed by atoms with van der Waals surface area (Å²) in [6.45, 7) is 0. The van der Waals surface area contributed by atoms with Crippen molar-refractivity contribution in [1.29, 1.82) is 0 Å². The summed E-state index contributed by atoms with van der Waals surface area (Å²) in [5.74, 6) is -1.53. The minimum Gasteiger partial charge on any atom is -0.405 e. The molecule has 0 spiro atoms. The van der Waals surface area contributed by atoms with Crippen molar-refractivity contribution in [2.75, 3.05) is 0 Å². The molecule has 1 rings (SSSR count). The Hall–Kier alpha value is -1.44. The fourth-order valence-corrected chi connectivity index (χ4v) is 1.35. The highest BCUT2D eigenvalue weighted by molar-refractivity contribution is 6.68. The highest BCUT2D eigenvalue weighted by Crippen LogP contribution is 2.41. The first-order valence-corrected chi connectivity index (χ1v) is 4.56. The van der Waals surface area contributed by atoms with E-state index in [4.69, 9.17) is 11.6 Å². The zero-order chi connectivity index (χ0) is 14.1. The number of halogens is 7. The highest BCUT2D eigenvalue weighted by Gasteiger charge is 2.42. The number of hydrogen-bond acceptors (Lipinski definition) is 2. The summed E-state index contributed by atoms with van der Waals surface area (Å²) >= 11 is 4.88. The number of alkyl halides is 6. The molecule has 0 heterocycles. The Bertz CT molecular complexity index is 465. The monoisotopic (exact) mass is 292 g/mol. The predicted octanol–water partition coefficient (Wildman–Crippen LogP) is 3.98. The molecule has 1 aromatic carbocycles. The summed E-state index contributed by atoms with van der Waals surface area (Å²) in [6.07, 6.45) is -10.5. The highest BCUT2D eigenvalue weighted by atomic mass is 35.5. The third kappa shape index (κ3) is 3.52. The van der Waals surface area contributed by atoms with Crippen molar-refractivity contribution >= 4 is 16.8 Å². The van der Waals surface area contributed by atoms with Crippen LogP contribution in [-0.2, 0) is 6.18 Å². The van der Waals surface area contributed by atoms with Crippen molar-refractivity contribution in [3.8, 4) is 5.75 Å². The van der Waals surface area contributed by atoms with Gasteiger partial charge in [0.05, 0.1) is 5.56 Å². The number of ether oxygens (including phenoxy) is 1. The van der Waals surface area contributed by atoms with Gasteiger partial charge in [0.2, 0.25) is 0 Å². The van der Waals surface area contributed by atoms with Gasteiger partial charge in [-0.05, 0) is 23.7 Å². The van der Waals surface area contributed by atoms with E-state index in [9.17, 15) is 31.1 Å². The Kier molecular flexibility index (Phi) is 3.80. The molecule has 0 bridgehead atoms. The molecule has 0 unspecified atom stereocenters. The molecule has 0 saturated carbocycles. The van der Waals surface area contributed by atoms with Crippen molar-refractivity contribution in [3.05, 3.63) is 29.3 Å². The van der Waals surface area contributed by atoms with Crippen LogP contribution in [0.15, 0.2) is 18.2 Å². The maximum atomic E-state index is 12.6. The molecule has 0 atom stereocenters. The largest absolute Gasteiger partial charge is 0.573 e. The Morgan fingerprint density at radius 3 is 2.06 bits per heavy atom. The molecule has 0 amide bonds. The molecule has 0 saturated heterocycles. The second-order valence-corrected chi connectivity index (χ2v) is 3.34. The summed E-state index contributed by atoms with van der Waals surface area (Å²) in [7, 11) is 0. The molecule has 9 heteroatoms. The Balaban J connectivity index is 3.43. The molecule has 0 aromatic heterocycles. The zero-order valence-corrected chi connectivity index (χ0v) is 8.95. The lowest BCUT2D eigenvalue weighted by Gasteiger charge is -2.17. The summed E-state index contributed by atoms with van der Waals surface area (Å²) < 4.78 is 76.8. The maximum Gasteiger partial charge on any atom is 0.573 e. The van der Waals surface area contributed by atoms with E-state index in [-0.39, 0.29) is 0 Å². The van der Waals surface area contributed by atoms with Crippen LogP contribution in [0.5, 0.6) is 5.75 Å². The van der Waals surface area contributed by atoms with Gasteiger partial charge in [-0.1, -0.05) is 6.07 Å². The molecule has 100 valence electrons.